The first kappa shape index (κ1) is 12.7. The molecule has 2 rings (SSSR count). The highest BCUT2D eigenvalue weighted by Gasteiger charge is 2.52. The molecular weight excluding hydrogens is 236 g/mol. The van der Waals surface area contributed by atoms with Crippen LogP contribution in [0.25, 0.3) is 0 Å². The van der Waals surface area contributed by atoms with Gasteiger partial charge in [0.1, 0.15) is 11.9 Å². The summed E-state index contributed by atoms with van der Waals surface area (Å²) < 4.78 is 5.97. The molecular formula is C13H19ClN2O. The van der Waals surface area contributed by atoms with E-state index in [1.54, 1.807) is 18.5 Å². The SMILES string of the molecule is CCC1(CC)C(N)CC1Oc1cncc(Cl)c1. The third-order valence-corrected chi connectivity index (χ3v) is 4.33. The summed E-state index contributed by atoms with van der Waals surface area (Å²) in [5.41, 5.74) is 6.24. The summed E-state index contributed by atoms with van der Waals surface area (Å²) in [4.78, 5) is 4.03. The van der Waals surface area contributed by atoms with Crippen LogP contribution in [0.3, 0.4) is 0 Å². The largest absolute Gasteiger partial charge is 0.488 e. The van der Waals surface area contributed by atoms with E-state index in [1.165, 1.54) is 0 Å². The third kappa shape index (κ3) is 2.14. The van der Waals surface area contributed by atoms with E-state index >= 15 is 0 Å². The molecule has 0 spiro atoms. The van der Waals surface area contributed by atoms with Crippen molar-refractivity contribution in [1.82, 2.24) is 4.98 Å². The fourth-order valence-corrected chi connectivity index (χ4v) is 2.96. The van der Waals surface area contributed by atoms with Gasteiger partial charge in [-0.1, -0.05) is 25.4 Å². The van der Waals surface area contributed by atoms with Gasteiger partial charge in [-0.05, 0) is 12.8 Å². The summed E-state index contributed by atoms with van der Waals surface area (Å²) in [6, 6.07) is 2.05. The molecule has 0 aromatic carbocycles. The molecule has 1 aliphatic carbocycles. The quantitative estimate of drug-likeness (QED) is 0.899. The van der Waals surface area contributed by atoms with E-state index in [0.29, 0.717) is 5.02 Å². The molecule has 1 aliphatic rings. The molecule has 1 heterocycles. The lowest BCUT2D eigenvalue weighted by Crippen LogP contribution is -2.62. The maximum Gasteiger partial charge on any atom is 0.139 e. The summed E-state index contributed by atoms with van der Waals surface area (Å²) in [6.07, 6.45) is 6.49. The van der Waals surface area contributed by atoms with Crippen LogP contribution in [0.1, 0.15) is 33.1 Å². The van der Waals surface area contributed by atoms with E-state index in [1.807, 2.05) is 0 Å². The van der Waals surface area contributed by atoms with Gasteiger partial charge in [-0.3, -0.25) is 4.98 Å². The first-order valence-corrected chi connectivity index (χ1v) is 6.53. The van der Waals surface area contributed by atoms with Crippen molar-refractivity contribution in [3.8, 4) is 5.75 Å². The van der Waals surface area contributed by atoms with Crippen LogP contribution in [0.5, 0.6) is 5.75 Å². The highest BCUT2D eigenvalue weighted by Crippen LogP contribution is 2.47. The molecule has 2 N–H and O–H groups in total. The van der Waals surface area contributed by atoms with Crippen molar-refractivity contribution in [3.05, 3.63) is 23.5 Å². The van der Waals surface area contributed by atoms with Gasteiger partial charge < -0.3 is 10.5 Å². The summed E-state index contributed by atoms with van der Waals surface area (Å²) in [5.74, 6) is 0.737. The Kier molecular flexibility index (Phi) is 3.59. The highest BCUT2D eigenvalue weighted by molar-refractivity contribution is 6.30. The summed E-state index contributed by atoms with van der Waals surface area (Å²) >= 11 is 5.89. The van der Waals surface area contributed by atoms with Crippen molar-refractivity contribution < 1.29 is 4.74 Å². The van der Waals surface area contributed by atoms with E-state index in [4.69, 9.17) is 22.1 Å². The number of aromatic nitrogens is 1. The molecule has 1 aromatic rings. The topological polar surface area (TPSA) is 48.1 Å². The molecule has 0 amide bonds. The van der Waals surface area contributed by atoms with Gasteiger partial charge in [-0.25, -0.2) is 0 Å². The molecule has 0 radical (unpaired) electrons. The number of halogens is 1. The van der Waals surface area contributed by atoms with Crippen molar-refractivity contribution in [2.45, 2.75) is 45.3 Å². The number of rotatable bonds is 4. The monoisotopic (exact) mass is 254 g/mol. The Labute approximate surface area is 107 Å². The molecule has 1 fully saturated rings. The van der Waals surface area contributed by atoms with Gasteiger partial charge in [-0.2, -0.15) is 0 Å². The zero-order chi connectivity index (χ0) is 12.5. The lowest BCUT2D eigenvalue weighted by Gasteiger charge is -2.53. The maximum absolute atomic E-state index is 6.13. The van der Waals surface area contributed by atoms with E-state index in [2.05, 4.69) is 18.8 Å². The van der Waals surface area contributed by atoms with Gasteiger partial charge in [-0.15, -0.1) is 0 Å². The second kappa shape index (κ2) is 4.83. The number of pyridine rings is 1. The Morgan fingerprint density at radius 1 is 1.47 bits per heavy atom. The zero-order valence-electron chi connectivity index (χ0n) is 10.3. The Balaban J connectivity index is 2.10. The van der Waals surface area contributed by atoms with Crippen molar-refractivity contribution >= 4 is 11.6 Å². The summed E-state index contributed by atoms with van der Waals surface area (Å²) in [7, 11) is 0. The second-order valence-electron chi connectivity index (χ2n) is 4.73. The van der Waals surface area contributed by atoms with Crippen LogP contribution in [-0.2, 0) is 0 Å². The Hall–Kier alpha value is -0.800. The average molecular weight is 255 g/mol. The van der Waals surface area contributed by atoms with E-state index < -0.39 is 0 Å². The van der Waals surface area contributed by atoms with Gasteiger partial charge in [0.2, 0.25) is 0 Å². The van der Waals surface area contributed by atoms with Crippen LogP contribution >= 0.6 is 11.6 Å². The molecule has 0 aliphatic heterocycles. The van der Waals surface area contributed by atoms with Crippen molar-refractivity contribution in [3.63, 3.8) is 0 Å². The smallest absolute Gasteiger partial charge is 0.139 e. The van der Waals surface area contributed by atoms with Crippen LogP contribution < -0.4 is 10.5 Å². The predicted molar refractivity (Wildman–Crippen MR) is 69.3 cm³/mol. The molecule has 2 atom stereocenters. The molecule has 3 nitrogen and oxygen atoms in total. The zero-order valence-corrected chi connectivity index (χ0v) is 11.1. The lowest BCUT2D eigenvalue weighted by atomic mass is 9.59. The van der Waals surface area contributed by atoms with Gasteiger partial charge in [0.25, 0.3) is 0 Å². The maximum atomic E-state index is 6.13. The molecule has 0 saturated heterocycles. The van der Waals surface area contributed by atoms with Crippen LogP contribution in [0.2, 0.25) is 5.02 Å². The van der Waals surface area contributed by atoms with Gasteiger partial charge in [0.05, 0.1) is 11.2 Å². The standard InChI is InChI=1S/C13H19ClN2O/c1-3-13(4-2)11(15)6-12(13)17-10-5-9(14)7-16-8-10/h5,7-8,11-12H,3-4,6,15H2,1-2H3. The van der Waals surface area contributed by atoms with Crippen molar-refractivity contribution in [1.29, 1.82) is 0 Å². The normalized spacial score (nSPS) is 26.4. The van der Waals surface area contributed by atoms with Crippen LogP contribution in [0, 0.1) is 5.41 Å². The molecule has 17 heavy (non-hydrogen) atoms. The van der Waals surface area contributed by atoms with Gasteiger partial charge in [0, 0.05) is 30.1 Å². The number of ether oxygens (including phenoxy) is 1. The lowest BCUT2D eigenvalue weighted by molar-refractivity contribution is -0.0723. The molecule has 94 valence electrons. The molecule has 2 unspecified atom stereocenters. The third-order valence-electron chi connectivity index (χ3n) is 4.12. The number of hydrogen-bond acceptors (Lipinski definition) is 3. The summed E-state index contributed by atoms with van der Waals surface area (Å²) in [5, 5.41) is 0.602. The molecule has 1 aromatic heterocycles. The van der Waals surface area contributed by atoms with Crippen molar-refractivity contribution in [2.75, 3.05) is 0 Å². The van der Waals surface area contributed by atoms with E-state index in [9.17, 15) is 0 Å². The first-order chi connectivity index (χ1) is 8.12. The van der Waals surface area contributed by atoms with E-state index in [0.717, 1.165) is 25.0 Å². The van der Waals surface area contributed by atoms with Gasteiger partial charge >= 0.3 is 0 Å². The number of nitrogens with zero attached hydrogens (tertiary/aromatic N) is 1. The van der Waals surface area contributed by atoms with Crippen LogP contribution in [0.15, 0.2) is 18.5 Å². The first-order valence-electron chi connectivity index (χ1n) is 6.15. The Morgan fingerprint density at radius 2 is 2.18 bits per heavy atom. The number of nitrogens with two attached hydrogens (primary N) is 1. The van der Waals surface area contributed by atoms with Crippen LogP contribution in [0.4, 0.5) is 0 Å². The van der Waals surface area contributed by atoms with Crippen molar-refractivity contribution in [2.24, 2.45) is 11.1 Å². The number of hydrogen-bond donors (Lipinski definition) is 1. The molecule has 1 saturated carbocycles. The minimum absolute atomic E-state index is 0.113. The Bertz CT molecular complexity index is 393. The summed E-state index contributed by atoms with van der Waals surface area (Å²) in [6.45, 7) is 4.35. The Morgan fingerprint density at radius 3 is 2.71 bits per heavy atom. The van der Waals surface area contributed by atoms with Crippen LogP contribution in [-0.4, -0.2) is 17.1 Å². The predicted octanol–water partition coefficient (Wildman–Crippen LogP) is 3.02. The van der Waals surface area contributed by atoms with E-state index in [-0.39, 0.29) is 17.6 Å². The highest BCUT2D eigenvalue weighted by atomic mass is 35.5. The van der Waals surface area contributed by atoms with Gasteiger partial charge in [0.15, 0.2) is 0 Å². The minimum atomic E-state index is 0.113. The second-order valence-corrected chi connectivity index (χ2v) is 5.16. The minimum Gasteiger partial charge on any atom is -0.488 e. The fourth-order valence-electron chi connectivity index (χ4n) is 2.79. The molecule has 4 heteroatoms. The molecule has 0 bridgehead atoms. The fraction of sp³-hybridized carbons (Fsp3) is 0.615. The average Bonchev–Trinajstić information content (AvgIpc) is 2.30.